The molecule has 11 heteroatoms. The summed E-state index contributed by atoms with van der Waals surface area (Å²) in [5, 5.41) is 0.0712. The van der Waals surface area contributed by atoms with E-state index in [9.17, 15) is 31.1 Å². The Morgan fingerprint density at radius 2 is 1.71 bits per heavy atom. The van der Waals surface area contributed by atoms with E-state index in [-0.39, 0.29) is 29.7 Å². The Balaban J connectivity index is 1.53. The van der Waals surface area contributed by atoms with Crippen LogP contribution in [0, 0.1) is 23.7 Å². The first-order valence-electron chi connectivity index (χ1n) is 12.0. The molecular weight excluding hydrogens is 482 g/mol. The van der Waals surface area contributed by atoms with Gasteiger partial charge in [0.1, 0.15) is 4.75 Å². The van der Waals surface area contributed by atoms with Crippen molar-refractivity contribution in [3.8, 4) is 0 Å². The maximum absolute atomic E-state index is 14.3. The number of hydrogen-bond donors (Lipinski definition) is 0. The highest BCUT2D eigenvalue weighted by Crippen LogP contribution is 2.60. The van der Waals surface area contributed by atoms with Gasteiger partial charge in [0.05, 0.1) is 5.04 Å². The van der Waals surface area contributed by atoms with Crippen LogP contribution >= 0.6 is 11.8 Å². The van der Waals surface area contributed by atoms with Gasteiger partial charge in [-0.15, -0.1) is 0 Å². The minimum atomic E-state index is -5.84. The predicted molar refractivity (Wildman–Crippen MR) is 118 cm³/mol. The number of carbonyl (C=O) groups excluding carboxylic acids is 1. The summed E-state index contributed by atoms with van der Waals surface area (Å²) in [5.41, 5.74) is -4.62. The quantitative estimate of drug-likeness (QED) is 0.400. The van der Waals surface area contributed by atoms with Gasteiger partial charge in [0, 0.05) is 6.61 Å². The van der Waals surface area contributed by atoms with Gasteiger partial charge in [-0.3, -0.25) is 4.79 Å². The van der Waals surface area contributed by atoms with Gasteiger partial charge in [-0.1, -0.05) is 18.2 Å². The molecule has 1 unspecified atom stereocenters. The number of likely N-dealkylation sites (tertiary alicyclic amines) is 1. The second kappa shape index (κ2) is 9.25. The molecule has 0 aromatic carbocycles. The van der Waals surface area contributed by atoms with Crippen molar-refractivity contribution in [2.45, 2.75) is 81.0 Å². The SMILES string of the molecule is CN1CCC(CCOC(C(F)(F)F)(C(F)(F)F)C2(C)SC(C[C@H]3C[C@@H]4CC[C@H]3C4)=NC2=O)CC1. The van der Waals surface area contributed by atoms with E-state index in [1.54, 1.807) is 0 Å². The molecule has 0 N–H and O–H groups in total. The highest BCUT2D eigenvalue weighted by atomic mass is 32.2. The molecule has 4 aliphatic rings. The third kappa shape index (κ3) is 4.53. The molecule has 2 heterocycles. The van der Waals surface area contributed by atoms with E-state index in [2.05, 4.69) is 9.89 Å². The third-order valence-electron chi connectivity index (χ3n) is 8.43. The van der Waals surface area contributed by atoms with Crippen LogP contribution < -0.4 is 0 Å². The molecule has 2 saturated carbocycles. The van der Waals surface area contributed by atoms with E-state index in [1.165, 1.54) is 0 Å². The molecule has 2 aliphatic carbocycles. The number of alkyl halides is 6. The lowest BCUT2D eigenvalue weighted by Gasteiger charge is -2.45. The topological polar surface area (TPSA) is 41.9 Å². The Bertz CT molecular complexity index is 794. The van der Waals surface area contributed by atoms with E-state index in [0.29, 0.717) is 43.4 Å². The maximum atomic E-state index is 14.3. The molecule has 1 saturated heterocycles. The van der Waals surface area contributed by atoms with Crippen molar-refractivity contribution >= 4 is 22.7 Å². The van der Waals surface area contributed by atoms with Crippen LogP contribution in [0.3, 0.4) is 0 Å². The second-order valence-corrected chi connectivity index (χ2v) is 12.1. The summed E-state index contributed by atoms with van der Waals surface area (Å²) in [6.07, 6.45) is -5.89. The summed E-state index contributed by atoms with van der Waals surface area (Å²) in [4.78, 5) is 18.6. The van der Waals surface area contributed by atoms with Crippen molar-refractivity contribution in [3.63, 3.8) is 0 Å². The Hall–Kier alpha value is -0.810. The Morgan fingerprint density at radius 1 is 1.06 bits per heavy atom. The summed E-state index contributed by atoms with van der Waals surface area (Å²) in [7, 11) is 1.92. The number of fused-ring (bicyclic) bond motifs is 2. The number of thioether (sulfide) groups is 1. The molecule has 4 rings (SSSR count). The van der Waals surface area contributed by atoms with Gasteiger partial charge >= 0.3 is 12.4 Å². The molecule has 3 fully saturated rings. The zero-order valence-electron chi connectivity index (χ0n) is 19.5. The molecule has 0 aromatic rings. The third-order valence-corrected chi connectivity index (χ3v) is 9.79. The number of aliphatic imine (C=N–C) groups is 1. The summed E-state index contributed by atoms with van der Waals surface area (Å²) in [5.74, 6) is -0.284. The molecule has 194 valence electrons. The number of amides is 1. The highest BCUT2D eigenvalue weighted by molar-refractivity contribution is 8.16. The van der Waals surface area contributed by atoms with Crippen LogP contribution in [0.2, 0.25) is 0 Å². The lowest BCUT2D eigenvalue weighted by atomic mass is 9.84. The minimum absolute atomic E-state index is 0.0142. The van der Waals surface area contributed by atoms with E-state index in [1.807, 2.05) is 7.05 Å². The van der Waals surface area contributed by atoms with Crippen molar-refractivity contribution in [2.24, 2.45) is 28.7 Å². The summed E-state index contributed by atoms with van der Waals surface area (Å²) in [6.45, 7) is 1.45. The van der Waals surface area contributed by atoms with Gasteiger partial charge in [-0.2, -0.15) is 26.3 Å². The Morgan fingerprint density at radius 3 is 2.24 bits per heavy atom. The van der Waals surface area contributed by atoms with Gasteiger partial charge < -0.3 is 9.64 Å². The van der Waals surface area contributed by atoms with Crippen LogP contribution in [0.1, 0.15) is 58.3 Å². The number of halogens is 6. The summed E-state index contributed by atoms with van der Waals surface area (Å²) in [6, 6.07) is 0. The van der Waals surface area contributed by atoms with Gasteiger partial charge in [-0.25, -0.2) is 4.99 Å². The first-order chi connectivity index (χ1) is 15.8. The number of ether oxygens (including phenoxy) is 1. The van der Waals surface area contributed by atoms with Crippen LogP contribution in [-0.2, 0) is 9.53 Å². The first kappa shape index (κ1) is 26.3. The van der Waals surface area contributed by atoms with Crippen LogP contribution in [0.25, 0.3) is 0 Å². The van der Waals surface area contributed by atoms with E-state index >= 15 is 0 Å². The molecular formula is C23H32F6N2O2S. The molecule has 1 amide bonds. The molecule has 2 aliphatic heterocycles. The first-order valence-corrected chi connectivity index (χ1v) is 12.9. The largest absolute Gasteiger partial charge is 0.428 e. The highest BCUT2D eigenvalue weighted by Gasteiger charge is 2.83. The van der Waals surface area contributed by atoms with Crippen LogP contribution in [0.5, 0.6) is 0 Å². The van der Waals surface area contributed by atoms with Crippen LogP contribution in [-0.4, -0.2) is 65.3 Å². The maximum Gasteiger partial charge on any atom is 0.428 e. The fourth-order valence-electron chi connectivity index (χ4n) is 6.42. The number of carbonyl (C=O) groups is 1. The number of piperidine rings is 1. The monoisotopic (exact) mass is 514 g/mol. The predicted octanol–water partition coefficient (Wildman–Crippen LogP) is 5.86. The Kier molecular flexibility index (Phi) is 7.14. The fourth-order valence-corrected chi connectivity index (χ4v) is 7.88. The molecule has 4 atom stereocenters. The standard InChI is InChI=1S/C23H32F6N2O2S/c1-20(19(32)30-18(34-20)13-17-12-15-3-4-16(17)11-15)21(22(24,25)26,23(27,28)29)33-10-7-14-5-8-31(2)9-6-14/h14-17H,3-13H2,1-2H3/t15-,16+,17-,20?/m1/s1. The molecule has 0 radical (unpaired) electrons. The van der Waals surface area contributed by atoms with Gasteiger partial charge in [-0.05, 0) is 95.7 Å². The lowest BCUT2D eigenvalue weighted by molar-refractivity contribution is -0.386. The van der Waals surface area contributed by atoms with Gasteiger partial charge in [0.15, 0.2) is 0 Å². The van der Waals surface area contributed by atoms with Crippen molar-refractivity contribution in [1.82, 2.24) is 4.90 Å². The van der Waals surface area contributed by atoms with Gasteiger partial charge in [0.25, 0.3) is 11.5 Å². The fraction of sp³-hybridized carbons (Fsp3) is 0.913. The van der Waals surface area contributed by atoms with Crippen LogP contribution in [0.15, 0.2) is 4.99 Å². The van der Waals surface area contributed by atoms with E-state index in [4.69, 9.17) is 4.74 Å². The van der Waals surface area contributed by atoms with Gasteiger partial charge in [0.2, 0.25) is 0 Å². The van der Waals surface area contributed by atoms with Crippen molar-refractivity contribution in [2.75, 3.05) is 26.7 Å². The molecule has 0 aromatic heterocycles. The van der Waals surface area contributed by atoms with Crippen molar-refractivity contribution < 1.29 is 35.9 Å². The number of rotatable bonds is 7. The summed E-state index contributed by atoms with van der Waals surface area (Å²) >= 11 is 0.311. The summed E-state index contributed by atoms with van der Waals surface area (Å²) < 4.78 is 87.9. The lowest BCUT2D eigenvalue weighted by Crippen LogP contribution is -2.71. The zero-order valence-corrected chi connectivity index (χ0v) is 20.3. The molecule has 34 heavy (non-hydrogen) atoms. The van der Waals surface area contributed by atoms with E-state index < -0.39 is 35.2 Å². The minimum Gasteiger partial charge on any atom is -0.357 e. The van der Waals surface area contributed by atoms with Crippen molar-refractivity contribution in [3.05, 3.63) is 0 Å². The molecule has 2 bridgehead atoms. The normalized spacial score (nSPS) is 33.7. The van der Waals surface area contributed by atoms with Crippen LogP contribution in [0.4, 0.5) is 26.3 Å². The zero-order chi connectivity index (χ0) is 24.9. The van der Waals surface area contributed by atoms with E-state index in [0.717, 1.165) is 38.8 Å². The smallest absolute Gasteiger partial charge is 0.357 e. The number of hydrogen-bond acceptors (Lipinski definition) is 4. The average Bonchev–Trinajstić information content (AvgIpc) is 3.40. The molecule has 4 nitrogen and oxygen atoms in total. The second-order valence-electron chi connectivity index (χ2n) is 10.6. The average molecular weight is 515 g/mol. The molecule has 0 spiro atoms. The van der Waals surface area contributed by atoms with Crippen molar-refractivity contribution in [1.29, 1.82) is 0 Å². The number of nitrogens with zero attached hydrogens (tertiary/aromatic N) is 2. The Labute approximate surface area is 200 Å².